The van der Waals surface area contributed by atoms with E-state index in [0.717, 1.165) is 17.7 Å². The monoisotopic (exact) mass is 420 g/mol. The van der Waals surface area contributed by atoms with E-state index in [2.05, 4.69) is 23.8 Å². The average Bonchev–Trinajstić information content (AvgIpc) is 3.01. The van der Waals surface area contributed by atoms with Crippen LogP contribution in [0.15, 0.2) is 49.1 Å². The molecule has 1 aliphatic rings. The highest BCUT2D eigenvalue weighted by atomic mass is 16.4. The maximum Gasteiger partial charge on any atom is 0.322 e. The second kappa shape index (κ2) is 14.0. The average molecular weight is 420 g/mol. The van der Waals surface area contributed by atoms with Crippen LogP contribution in [-0.2, 0) is 28.8 Å². The van der Waals surface area contributed by atoms with E-state index in [1.165, 1.54) is 0 Å². The summed E-state index contributed by atoms with van der Waals surface area (Å²) in [6, 6.07) is 0. The van der Waals surface area contributed by atoms with Crippen molar-refractivity contribution in [2.24, 2.45) is 0 Å². The predicted molar refractivity (Wildman–Crippen MR) is 107 cm³/mol. The first kappa shape index (κ1) is 26.0. The highest BCUT2D eigenvalue weighted by molar-refractivity contribution is 6.14. The van der Waals surface area contributed by atoms with E-state index >= 15 is 0 Å². The molecule has 30 heavy (non-hydrogen) atoms. The summed E-state index contributed by atoms with van der Waals surface area (Å²) in [5.41, 5.74) is 1.15. The van der Waals surface area contributed by atoms with Crippen LogP contribution in [0.3, 0.4) is 0 Å². The van der Waals surface area contributed by atoms with Gasteiger partial charge in [0.05, 0.1) is 13.1 Å². The number of hydrogen-bond acceptors (Lipinski definition) is 6. The molecule has 5 amide bonds. The van der Waals surface area contributed by atoms with Gasteiger partial charge >= 0.3 is 5.97 Å². The zero-order valence-corrected chi connectivity index (χ0v) is 16.5. The minimum atomic E-state index is -1.22. The van der Waals surface area contributed by atoms with Crippen molar-refractivity contribution in [3.8, 4) is 0 Å². The van der Waals surface area contributed by atoms with Crippen LogP contribution >= 0.6 is 0 Å². The van der Waals surface area contributed by atoms with Gasteiger partial charge < -0.3 is 21.1 Å². The topological polar surface area (TPSA) is 162 Å². The summed E-state index contributed by atoms with van der Waals surface area (Å²) in [4.78, 5) is 67.3. The van der Waals surface area contributed by atoms with Crippen molar-refractivity contribution >= 4 is 35.5 Å². The number of nitrogens with zero attached hydrogens (tertiary/aromatic N) is 1. The Morgan fingerprint density at radius 1 is 0.933 bits per heavy atom. The van der Waals surface area contributed by atoms with Crippen LogP contribution in [0.1, 0.15) is 6.92 Å². The van der Waals surface area contributed by atoms with E-state index in [4.69, 9.17) is 5.11 Å². The van der Waals surface area contributed by atoms with Crippen molar-refractivity contribution < 1.29 is 33.9 Å². The molecule has 0 bridgehead atoms. The van der Waals surface area contributed by atoms with Gasteiger partial charge in [0, 0.05) is 12.2 Å². The van der Waals surface area contributed by atoms with Gasteiger partial charge in [-0.05, 0) is 6.92 Å². The van der Waals surface area contributed by atoms with Crippen LogP contribution < -0.4 is 16.0 Å². The number of aliphatic carboxylic acids is 1. The van der Waals surface area contributed by atoms with Crippen LogP contribution in [0, 0.1) is 0 Å². The Bertz CT molecular complexity index is 766. The molecule has 0 radical (unpaired) electrons. The van der Waals surface area contributed by atoms with E-state index in [1.54, 1.807) is 12.2 Å². The van der Waals surface area contributed by atoms with E-state index in [1.807, 2.05) is 18.3 Å². The minimum absolute atomic E-state index is 0.449. The maximum atomic E-state index is 11.5. The number of rotatable bonds is 10. The fraction of sp³-hybridized carbons (Fsp3) is 0.263. The molecule has 0 aromatic rings. The summed E-state index contributed by atoms with van der Waals surface area (Å²) < 4.78 is 0. The minimum Gasteiger partial charge on any atom is -0.480 e. The van der Waals surface area contributed by atoms with Crippen molar-refractivity contribution in [3.63, 3.8) is 0 Å². The number of amides is 5. The lowest BCUT2D eigenvalue weighted by molar-refractivity contribution is -0.141. The lowest BCUT2D eigenvalue weighted by Crippen LogP contribution is -2.45. The van der Waals surface area contributed by atoms with Gasteiger partial charge in [-0.25, -0.2) is 0 Å². The van der Waals surface area contributed by atoms with Crippen LogP contribution in [-0.4, -0.2) is 71.7 Å². The van der Waals surface area contributed by atoms with Crippen LogP contribution in [0.5, 0.6) is 0 Å². The Morgan fingerprint density at radius 2 is 1.40 bits per heavy atom. The Hall–Kier alpha value is -4.02. The first-order valence-corrected chi connectivity index (χ1v) is 8.57. The number of carboxylic acids is 1. The molecule has 11 heteroatoms. The zero-order chi connectivity index (χ0) is 23.1. The van der Waals surface area contributed by atoms with E-state index in [9.17, 15) is 28.8 Å². The van der Waals surface area contributed by atoms with E-state index in [-0.39, 0.29) is 0 Å². The molecule has 162 valence electrons. The molecule has 0 saturated carbocycles. The number of allylic oxidation sites excluding steroid dienone is 4. The largest absolute Gasteiger partial charge is 0.480 e. The molecule has 0 aromatic heterocycles. The van der Waals surface area contributed by atoms with E-state index < -0.39 is 61.7 Å². The summed E-state index contributed by atoms with van der Waals surface area (Å²) in [5, 5.41) is 14.7. The lowest BCUT2D eigenvalue weighted by atomic mass is 10.3. The number of carboxylic acid groups (broad SMARTS) is 1. The third-order valence-corrected chi connectivity index (χ3v) is 3.23. The van der Waals surface area contributed by atoms with Gasteiger partial charge in [0.25, 0.3) is 11.8 Å². The Balaban J connectivity index is 0.00000103. The van der Waals surface area contributed by atoms with Gasteiger partial charge in [0.2, 0.25) is 17.7 Å². The van der Waals surface area contributed by atoms with Crippen LogP contribution in [0.25, 0.3) is 0 Å². The summed E-state index contributed by atoms with van der Waals surface area (Å²) in [6.07, 6.45) is 7.50. The molecular weight excluding hydrogens is 396 g/mol. The number of carbonyl (C=O) groups excluding carboxylic acids is 5. The lowest BCUT2D eigenvalue weighted by Gasteiger charge is -2.13. The zero-order valence-electron chi connectivity index (χ0n) is 16.5. The summed E-state index contributed by atoms with van der Waals surface area (Å²) >= 11 is 0. The summed E-state index contributed by atoms with van der Waals surface area (Å²) in [7, 11) is 0. The molecule has 0 aromatic carbocycles. The van der Waals surface area contributed by atoms with Gasteiger partial charge in [-0.2, -0.15) is 0 Å². The summed E-state index contributed by atoms with van der Waals surface area (Å²) in [6.45, 7) is 7.07. The first-order valence-electron chi connectivity index (χ1n) is 8.57. The molecule has 1 aliphatic heterocycles. The third kappa shape index (κ3) is 11.6. The van der Waals surface area contributed by atoms with Gasteiger partial charge in [0.15, 0.2) is 0 Å². The number of nitrogens with one attached hydrogen (secondary N) is 3. The Kier molecular flexibility index (Phi) is 12.2. The molecule has 0 aliphatic carbocycles. The smallest absolute Gasteiger partial charge is 0.322 e. The number of hydrogen-bond donors (Lipinski definition) is 4. The highest BCUT2D eigenvalue weighted by Gasteiger charge is 2.25. The van der Waals surface area contributed by atoms with Crippen LogP contribution in [0.4, 0.5) is 0 Å². The highest BCUT2D eigenvalue weighted by Crippen LogP contribution is 2.01. The van der Waals surface area contributed by atoms with Crippen molar-refractivity contribution in [3.05, 3.63) is 49.1 Å². The first-order chi connectivity index (χ1) is 14.1. The Labute approximate surface area is 173 Å². The van der Waals surface area contributed by atoms with Crippen molar-refractivity contribution in [2.45, 2.75) is 6.92 Å². The normalized spacial score (nSPS) is 12.4. The molecule has 0 fully saturated rings. The number of imide groups is 1. The third-order valence-electron chi connectivity index (χ3n) is 3.23. The maximum absolute atomic E-state index is 11.5. The molecule has 0 unspecified atom stereocenters. The Morgan fingerprint density at radius 3 is 1.80 bits per heavy atom. The van der Waals surface area contributed by atoms with E-state index in [0.29, 0.717) is 4.90 Å². The standard InChI is InChI=1S/C12H14N4O7.C7H10/c17-7(13-3-8(18)15-5-12(22)23)4-14-9(19)6-16-10(20)1-2-11(16)21;1-4-6-7(3)5-2/h1-2H,3-6H2,(H,13,17)(H,14,19)(H,15,18)(H,22,23);4-6H,1-2H2,3H3/b;7-6-. The fourth-order valence-electron chi connectivity index (χ4n) is 1.70. The number of carbonyl (C=O) groups is 6. The summed E-state index contributed by atoms with van der Waals surface area (Å²) in [5.74, 6) is -4.58. The SMILES string of the molecule is C=C/C=C(/C)C=C.O=C(O)CNC(=O)CNC(=O)CNC(=O)CN1C(=O)C=CC1=O. The second-order valence-electron chi connectivity index (χ2n) is 5.67. The van der Waals surface area contributed by atoms with Gasteiger partial charge in [0.1, 0.15) is 13.1 Å². The molecule has 0 saturated heterocycles. The second-order valence-corrected chi connectivity index (χ2v) is 5.67. The van der Waals surface area contributed by atoms with Gasteiger partial charge in [-0.3, -0.25) is 33.7 Å². The van der Waals surface area contributed by atoms with Crippen LogP contribution in [0.2, 0.25) is 0 Å². The van der Waals surface area contributed by atoms with Gasteiger partial charge in [-0.15, -0.1) is 0 Å². The molecule has 4 N–H and O–H groups in total. The quantitative estimate of drug-likeness (QED) is 0.251. The molecular formula is C19H24N4O7. The van der Waals surface area contributed by atoms with Crippen molar-refractivity contribution in [2.75, 3.05) is 26.2 Å². The fourth-order valence-corrected chi connectivity index (χ4v) is 1.70. The van der Waals surface area contributed by atoms with Gasteiger partial charge in [-0.1, -0.05) is 37.0 Å². The molecule has 1 heterocycles. The predicted octanol–water partition coefficient (Wildman–Crippen LogP) is -1.35. The van der Waals surface area contributed by atoms with Crippen molar-refractivity contribution in [1.82, 2.24) is 20.9 Å². The molecule has 0 spiro atoms. The molecule has 0 atom stereocenters. The molecule has 1 rings (SSSR count). The molecule has 11 nitrogen and oxygen atoms in total. The van der Waals surface area contributed by atoms with Crippen molar-refractivity contribution in [1.29, 1.82) is 0 Å².